The highest BCUT2D eigenvalue weighted by Gasteiger charge is 2.54. The largest absolute Gasteiger partial charge is 0.511 e. The lowest BCUT2D eigenvalue weighted by Crippen LogP contribution is -2.70. The van der Waals surface area contributed by atoms with Gasteiger partial charge in [0, 0.05) is 41.3 Å². The smallest absolute Gasteiger partial charge is 0.431 e. The summed E-state index contributed by atoms with van der Waals surface area (Å²) in [4.78, 5) is 82.1. The van der Waals surface area contributed by atoms with Crippen LogP contribution in [0.1, 0.15) is 34.1 Å². The van der Waals surface area contributed by atoms with Crippen LogP contribution in [0.15, 0.2) is 31.9 Å². The molecule has 3 rings (SSSR count). The first-order valence-electron chi connectivity index (χ1n) is 11.1. The molecular weight excluding hydrogens is 546 g/mol. The number of nitrogens with two attached hydrogens (primary N) is 1. The molecule has 38 heavy (non-hydrogen) atoms. The van der Waals surface area contributed by atoms with E-state index in [1.807, 2.05) is 0 Å². The Morgan fingerprint density at radius 3 is 2.63 bits per heavy atom. The third kappa shape index (κ3) is 6.77. The number of nitrogens with one attached hydrogen (secondary N) is 1. The second kappa shape index (κ2) is 12.2. The lowest BCUT2D eigenvalue weighted by atomic mass is 10.0. The molecule has 1 fully saturated rings. The van der Waals surface area contributed by atoms with Gasteiger partial charge in [-0.2, -0.15) is 0 Å². The average molecular weight is 572 g/mol. The van der Waals surface area contributed by atoms with E-state index in [0.717, 1.165) is 4.90 Å². The number of nitrogens with zero attached hydrogens (tertiary/aromatic N) is 3. The molecule has 17 heteroatoms. The van der Waals surface area contributed by atoms with Crippen LogP contribution in [0.2, 0.25) is 0 Å². The minimum absolute atomic E-state index is 0.0100. The molecule has 0 saturated carbocycles. The number of amidine groups is 1. The number of ether oxygens (including phenoxy) is 3. The number of esters is 1. The van der Waals surface area contributed by atoms with Crippen molar-refractivity contribution in [3.05, 3.63) is 22.4 Å². The summed E-state index contributed by atoms with van der Waals surface area (Å²) < 4.78 is 18.4. The Morgan fingerprint density at radius 1 is 1.29 bits per heavy atom. The highest BCUT2D eigenvalue weighted by molar-refractivity contribution is 8.05. The van der Waals surface area contributed by atoms with E-state index in [9.17, 15) is 28.8 Å². The van der Waals surface area contributed by atoms with E-state index in [4.69, 9.17) is 19.9 Å². The number of aldehydes is 1. The highest BCUT2D eigenvalue weighted by atomic mass is 32.2. The third-order valence-electron chi connectivity index (χ3n) is 4.82. The van der Waals surface area contributed by atoms with E-state index in [1.165, 1.54) is 31.0 Å². The standard InChI is InChI=1S/C21H25N5O10S2/c1-9(2)33-21(32)35-11(4)34-19(31)16-12(6-27)7-37-18-15(17(30)26(16)18)24-14(29)5-13-8-38(20(22)23-13)25-36-10(3)28/h6,8-9,11,15,18H,5,7H2,1-4H3,(H2,22,23)(H,24,29). The molecule has 3 aliphatic rings. The SMILES string of the molecule is CC(=O)O/N=S1\C=C(CC(=O)NC2C(=O)N3C(C(=O)OC(C)OC(=O)OC(C)C)=C(C=O)CSC23)N=C1N. The van der Waals surface area contributed by atoms with Crippen molar-refractivity contribution in [2.24, 2.45) is 15.3 Å². The summed E-state index contributed by atoms with van der Waals surface area (Å²) in [6.07, 6.45) is -2.67. The first-order valence-corrected chi connectivity index (χ1v) is 13.4. The third-order valence-corrected chi connectivity index (χ3v) is 7.37. The zero-order valence-electron chi connectivity index (χ0n) is 20.7. The maximum Gasteiger partial charge on any atom is 0.511 e. The van der Waals surface area contributed by atoms with Crippen LogP contribution >= 0.6 is 11.8 Å². The van der Waals surface area contributed by atoms with E-state index >= 15 is 0 Å². The molecule has 4 atom stereocenters. The Morgan fingerprint density at radius 2 is 2.00 bits per heavy atom. The number of hydrogen-bond donors (Lipinski definition) is 2. The molecular formula is C21H25N5O10S2. The summed E-state index contributed by atoms with van der Waals surface area (Å²) in [7, 11) is -1.12. The fourth-order valence-corrected chi connectivity index (χ4v) is 5.66. The summed E-state index contributed by atoms with van der Waals surface area (Å²) in [6.45, 7) is 5.66. The Bertz CT molecular complexity index is 1190. The topological polar surface area (TPSA) is 205 Å². The number of amides is 2. The van der Waals surface area contributed by atoms with Gasteiger partial charge in [0.05, 0.1) is 18.2 Å². The van der Waals surface area contributed by atoms with Gasteiger partial charge in [0.2, 0.25) is 12.2 Å². The summed E-state index contributed by atoms with van der Waals surface area (Å²) >= 11 is 1.17. The van der Waals surface area contributed by atoms with Gasteiger partial charge >= 0.3 is 18.1 Å². The fourth-order valence-electron chi connectivity index (χ4n) is 3.34. The van der Waals surface area contributed by atoms with Gasteiger partial charge in [-0.1, -0.05) is 0 Å². The van der Waals surface area contributed by atoms with Crippen LogP contribution in [0.4, 0.5) is 4.79 Å². The molecule has 15 nitrogen and oxygen atoms in total. The van der Waals surface area contributed by atoms with E-state index in [-0.39, 0.29) is 34.3 Å². The number of thioether (sulfide) groups is 1. The molecule has 3 heterocycles. The molecule has 0 bridgehead atoms. The fraction of sp³-hybridized carbons (Fsp3) is 0.476. The monoisotopic (exact) mass is 571 g/mol. The first kappa shape index (κ1) is 28.8. The molecule has 0 radical (unpaired) electrons. The van der Waals surface area contributed by atoms with Crippen molar-refractivity contribution in [3.63, 3.8) is 0 Å². The Kier molecular flexibility index (Phi) is 9.26. The Balaban J connectivity index is 1.63. The van der Waals surface area contributed by atoms with Crippen molar-refractivity contribution in [2.75, 3.05) is 5.75 Å². The molecule has 3 N–H and O–H groups in total. The quantitative estimate of drug-likeness (QED) is 0.125. The molecule has 3 aliphatic heterocycles. The molecule has 1 saturated heterocycles. The predicted octanol–water partition coefficient (Wildman–Crippen LogP) is 0.130. The van der Waals surface area contributed by atoms with Crippen LogP contribution in [0, 0.1) is 0 Å². The van der Waals surface area contributed by atoms with Crippen molar-refractivity contribution in [1.82, 2.24) is 10.2 Å². The molecule has 0 aromatic heterocycles. The van der Waals surface area contributed by atoms with Gasteiger partial charge in [-0.3, -0.25) is 19.3 Å². The molecule has 0 aliphatic carbocycles. The van der Waals surface area contributed by atoms with Crippen molar-refractivity contribution in [1.29, 1.82) is 0 Å². The maximum absolute atomic E-state index is 12.9. The van der Waals surface area contributed by atoms with Crippen molar-refractivity contribution in [2.45, 2.75) is 57.9 Å². The van der Waals surface area contributed by atoms with E-state index in [2.05, 4.69) is 19.7 Å². The normalized spacial score (nSPS) is 23.0. The minimum atomic E-state index is -1.36. The Labute approximate surface area is 223 Å². The summed E-state index contributed by atoms with van der Waals surface area (Å²) in [5, 5.41) is 3.44. The molecule has 0 aromatic rings. The zero-order valence-corrected chi connectivity index (χ0v) is 22.3. The second-order valence-electron chi connectivity index (χ2n) is 8.16. The van der Waals surface area contributed by atoms with Crippen LogP contribution in [0.5, 0.6) is 0 Å². The zero-order chi connectivity index (χ0) is 28.1. The van der Waals surface area contributed by atoms with Crippen molar-refractivity contribution < 1.29 is 47.8 Å². The van der Waals surface area contributed by atoms with Gasteiger partial charge in [-0.15, -0.1) is 11.8 Å². The second-order valence-corrected chi connectivity index (χ2v) is 10.7. The number of rotatable bonds is 9. The lowest BCUT2D eigenvalue weighted by molar-refractivity contribution is -0.169. The van der Waals surface area contributed by atoms with Gasteiger partial charge in [-0.05, 0) is 18.4 Å². The minimum Gasteiger partial charge on any atom is -0.431 e. The van der Waals surface area contributed by atoms with Crippen LogP contribution in [0.25, 0.3) is 0 Å². The predicted molar refractivity (Wildman–Crippen MR) is 132 cm³/mol. The Hall–Kier alpha value is -3.73. The van der Waals surface area contributed by atoms with Crippen molar-refractivity contribution in [3.8, 4) is 0 Å². The number of carbonyl (C=O) groups is 6. The van der Waals surface area contributed by atoms with Gasteiger partial charge in [-0.25, -0.2) is 19.4 Å². The average Bonchev–Trinajstić information content (AvgIpc) is 3.17. The van der Waals surface area contributed by atoms with Crippen LogP contribution in [-0.2, 0) is 53.7 Å². The number of hydrogen-bond acceptors (Lipinski definition) is 14. The van der Waals surface area contributed by atoms with Crippen LogP contribution < -0.4 is 11.1 Å². The molecule has 0 spiro atoms. The lowest BCUT2D eigenvalue weighted by Gasteiger charge is -2.49. The van der Waals surface area contributed by atoms with Gasteiger partial charge in [0.25, 0.3) is 5.91 Å². The maximum atomic E-state index is 12.9. The molecule has 2 amide bonds. The van der Waals surface area contributed by atoms with E-state index in [0.29, 0.717) is 6.29 Å². The van der Waals surface area contributed by atoms with Crippen LogP contribution in [-0.4, -0.2) is 75.8 Å². The molecule has 4 unspecified atom stereocenters. The number of carbonyl (C=O) groups excluding carboxylic acids is 6. The molecule has 206 valence electrons. The van der Waals surface area contributed by atoms with Gasteiger partial charge in [0.15, 0.2) is 5.17 Å². The van der Waals surface area contributed by atoms with Gasteiger partial charge in [0.1, 0.15) is 23.4 Å². The number of fused-ring (bicyclic) bond motifs is 1. The summed E-state index contributed by atoms with van der Waals surface area (Å²) in [5.41, 5.74) is 5.74. The summed E-state index contributed by atoms with van der Waals surface area (Å²) in [5.74, 6) is -2.79. The van der Waals surface area contributed by atoms with E-state index < -0.39 is 64.4 Å². The number of aliphatic imine (C=N–C) groups is 1. The highest BCUT2D eigenvalue weighted by Crippen LogP contribution is 2.40. The van der Waals surface area contributed by atoms with Crippen LogP contribution in [0.3, 0.4) is 0 Å². The first-order chi connectivity index (χ1) is 17.9. The van der Waals surface area contributed by atoms with Crippen molar-refractivity contribution >= 4 is 63.8 Å². The molecule has 0 aromatic carbocycles. The van der Waals surface area contributed by atoms with E-state index in [1.54, 1.807) is 13.8 Å². The van der Waals surface area contributed by atoms with Gasteiger partial charge < -0.3 is 30.1 Å². The number of β-lactam (4-membered cyclic amide) rings is 1. The summed E-state index contributed by atoms with van der Waals surface area (Å²) in [6, 6.07) is -0.981.